The van der Waals surface area contributed by atoms with Crippen molar-refractivity contribution in [2.24, 2.45) is 0 Å². The summed E-state index contributed by atoms with van der Waals surface area (Å²) < 4.78 is 11.1. The fourth-order valence-corrected chi connectivity index (χ4v) is 3.38. The molecule has 2 aromatic rings. The first-order chi connectivity index (χ1) is 12.6. The van der Waals surface area contributed by atoms with Crippen LogP contribution in [0.5, 0.6) is 11.5 Å². The number of ether oxygens (including phenoxy) is 2. The monoisotopic (exact) mass is 353 g/mol. The summed E-state index contributed by atoms with van der Waals surface area (Å²) in [6, 6.07) is 12.4. The van der Waals surface area contributed by atoms with Gasteiger partial charge in [-0.15, -0.1) is 0 Å². The van der Waals surface area contributed by atoms with Crippen LogP contribution in [0.1, 0.15) is 48.1 Å². The smallest absolute Gasteiger partial charge is 0.220 e. The van der Waals surface area contributed by atoms with Gasteiger partial charge in [-0.2, -0.15) is 0 Å². The molecular formula is C22H27NO3. The predicted octanol–water partition coefficient (Wildman–Crippen LogP) is 4.27. The first kappa shape index (κ1) is 18.3. The summed E-state index contributed by atoms with van der Waals surface area (Å²) in [5.41, 5.74) is 4.75. The van der Waals surface area contributed by atoms with Gasteiger partial charge in [-0.05, 0) is 55.5 Å². The SMILES string of the molecule is CC[C@H](NC(=O)CCc1ccc2c(c1)OCCO2)c1ccc(C)cc1C. The van der Waals surface area contributed by atoms with Crippen LogP contribution in [0.3, 0.4) is 0 Å². The first-order valence-corrected chi connectivity index (χ1v) is 9.32. The molecule has 26 heavy (non-hydrogen) atoms. The second kappa shape index (κ2) is 8.26. The van der Waals surface area contributed by atoms with E-state index in [9.17, 15) is 4.79 Å². The Hall–Kier alpha value is -2.49. The summed E-state index contributed by atoms with van der Waals surface area (Å²) in [4.78, 5) is 12.5. The van der Waals surface area contributed by atoms with Crippen LogP contribution in [-0.2, 0) is 11.2 Å². The standard InChI is InChI=1S/C22H27NO3/c1-4-19(18-8-5-15(2)13-16(18)3)23-22(24)10-7-17-6-9-20-21(14-17)26-12-11-25-20/h5-6,8-9,13-14,19H,4,7,10-12H2,1-3H3,(H,23,24)/t19-/m0/s1. The highest BCUT2D eigenvalue weighted by Gasteiger charge is 2.16. The van der Waals surface area contributed by atoms with Gasteiger partial charge >= 0.3 is 0 Å². The van der Waals surface area contributed by atoms with Crippen molar-refractivity contribution in [1.29, 1.82) is 0 Å². The number of fused-ring (bicyclic) bond motifs is 1. The minimum Gasteiger partial charge on any atom is -0.486 e. The zero-order valence-electron chi connectivity index (χ0n) is 15.8. The van der Waals surface area contributed by atoms with E-state index < -0.39 is 0 Å². The van der Waals surface area contributed by atoms with Gasteiger partial charge in [0.1, 0.15) is 13.2 Å². The highest BCUT2D eigenvalue weighted by molar-refractivity contribution is 5.76. The van der Waals surface area contributed by atoms with E-state index in [0.717, 1.165) is 23.5 Å². The Morgan fingerprint density at radius 2 is 1.85 bits per heavy atom. The van der Waals surface area contributed by atoms with Crippen molar-refractivity contribution in [3.63, 3.8) is 0 Å². The molecule has 0 saturated heterocycles. The zero-order valence-corrected chi connectivity index (χ0v) is 15.8. The maximum absolute atomic E-state index is 12.5. The Kier molecular flexibility index (Phi) is 5.82. The molecule has 4 nitrogen and oxygen atoms in total. The molecule has 0 aromatic heterocycles. The van der Waals surface area contributed by atoms with Crippen LogP contribution in [0, 0.1) is 13.8 Å². The van der Waals surface area contributed by atoms with Gasteiger partial charge in [0, 0.05) is 6.42 Å². The molecule has 1 aliphatic heterocycles. The van der Waals surface area contributed by atoms with Crippen LogP contribution in [0.2, 0.25) is 0 Å². The number of amides is 1. The lowest BCUT2D eigenvalue weighted by molar-refractivity contribution is -0.121. The summed E-state index contributed by atoms with van der Waals surface area (Å²) >= 11 is 0. The molecule has 1 heterocycles. The Balaban J connectivity index is 1.59. The van der Waals surface area contributed by atoms with E-state index in [-0.39, 0.29) is 11.9 Å². The van der Waals surface area contributed by atoms with Crippen molar-refractivity contribution in [2.45, 2.75) is 46.1 Å². The molecule has 4 heteroatoms. The predicted molar refractivity (Wildman–Crippen MR) is 103 cm³/mol. The second-order valence-electron chi connectivity index (χ2n) is 6.87. The minimum atomic E-state index is 0.0587. The van der Waals surface area contributed by atoms with E-state index in [1.54, 1.807) is 0 Å². The Morgan fingerprint density at radius 1 is 1.08 bits per heavy atom. The van der Waals surface area contributed by atoms with Crippen LogP contribution < -0.4 is 14.8 Å². The molecule has 0 bridgehead atoms. The number of rotatable bonds is 6. The molecule has 0 spiro atoms. The summed E-state index contributed by atoms with van der Waals surface area (Å²) in [7, 11) is 0. The van der Waals surface area contributed by atoms with E-state index in [4.69, 9.17) is 9.47 Å². The van der Waals surface area contributed by atoms with Gasteiger partial charge in [-0.25, -0.2) is 0 Å². The van der Waals surface area contributed by atoms with Crippen LogP contribution in [0.15, 0.2) is 36.4 Å². The van der Waals surface area contributed by atoms with Gasteiger partial charge in [0.05, 0.1) is 6.04 Å². The molecule has 1 amide bonds. The van der Waals surface area contributed by atoms with Gasteiger partial charge in [-0.1, -0.05) is 36.8 Å². The van der Waals surface area contributed by atoms with Crippen molar-refractivity contribution in [3.05, 3.63) is 58.7 Å². The largest absolute Gasteiger partial charge is 0.486 e. The number of hydrogen-bond acceptors (Lipinski definition) is 3. The molecule has 0 radical (unpaired) electrons. The minimum absolute atomic E-state index is 0.0587. The molecular weight excluding hydrogens is 326 g/mol. The normalized spacial score (nSPS) is 14.0. The number of nitrogens with one attached hydrogen (secondary N) is 1. The average Bonchev–Trinajstić information content (AvgIpc) is 2.65. The molecule has 0 saturated carbocycles. The quantitative estimate of drug-likeness (QED) is 0.843. The van der Waals surface area contributed by atoms with Gasteiger partial charge < -0.3 is 14.8 Å². The van der Waals surface area contributed by atoms with Crippen LogP contribution >= 0.6 is 0 Å². The topological polar surface area (TPSA) is 47.6 Å². The van der Waals surface area contributed by atoms with Gasteiger partial charge in [0.25, 0.3) is 0 Å². The third-order valence-electron chi connectivity index (χ3n) is 4.79. The number of aryl methyl sites for hydroxylation is 3. The molecule has 2 aromatic carbocycles. The van der Waals surface area contributed by atoms with Gasteiger partial charge in [0.2, 0.25) is 5.91 Å². The van der Waals surface area contributed by atoms with Crippen molar-refractivity contribution >= 4 is 5.91 Å². The van der Waals surface area contributed by atoms with Gasteiger partial charge in [-0.3, -0.25) is 4.79 Å². The molecule has 0 unspecified atom stereocenters. The Morgan fingerprint density at radius 3 is 2.58 bits per heavy atom. The molecule has 1 atom stereocenters. The van der Waals surface area contributed by atoms with Crippen molar-refractivity contribution < 1.29 is 14.3 Å². The average molecular weight is 353 g/mol. The summed E-state index contributed by atoms with van der Waals surface area (Å²) in [5, 5.41) is 3.18. The highest BCUT2D eigenvalue weighted by atomic mass is 16.6. The lowest BCUT2D eigenvalue weighted by Crippen LogP contribution is -2.28. The van der Waals surface area contributed by atoms with Crippen LogP contribution in [-0.4, -0.2) is 19.1 Å². The maximum atomic E-state index is 12.5. The van der Waals surface area contributed by atoms with Crippen molar-refractivity contribution in [2.75, 3.05) is 13.2 Å². The fourth-order valence-electron chi connectivity index (χ4n) is 3.38. The van der Waals surface area contributed by atoms with Gasteiger partial charge in [0.15, 0.2) is 11.5 Å². The van der Waals surface area contributed by atoms with E-state index in [1.807, 2.05) is 18.2 Å². The maximum Gasteiger partial charge on any atom is 0.220 e. The van der Waals surface area contributed by atoms with E-state index >= 15 is 0 Å². The number of carbonyl (C=O) groups is 1. The third kappa shape index (κ3) is 4.37. The second-order valence-corrected chi connectivity index (χ2v) is 6.87. The van der Waals surface area contributed by atoms with E-state index in [0.29, 0.717) is 26.1 Å². The summed E-state index contributed by atoms with van der Waals surface area (Å²) in [6.45, 7) is 7.46. The summed E-state index contributed by atoms with van der Waals surface area (Å²) in [5.74, 6) is 1.63. The Bertz CT molecular complexity index is 785. The Labute approximate surface area is 155 Å². The fraction of sp³-hybridized carbons (Fsp3) is 0.409. The van der Waals surface area contributed by atoms with Crippen LogP contribution in [0.25, 0.3) is 0 Å². The number of hydrogen-bond donors (Lipinski definition) is 1. The summed E-state index contributed by atoms with van der Waals surface area (Å²) in [6.07, 6.45) is 2.02. The lowest BCUT2D eigenvalue weighted by atomic mass is 9.97. The molecule has 0 aliphatic carbocycles. The van der Waals surface area contributed by atoms with Crippen LogP contribution in [0.4, 0.5) is 0 Å². The van der Waals surface area contributed by atoms with Crippen molar-refractivity contribution in [3.8, 4) is 11.5 Å². The van der Waals surface area contributed by atoms with E-state index in [1.165, 1.54) is 16.7 Å². The molecule has 0 fully saturated rings. The third-order valence-corrected chi connectivity index (χ3v) is 4.79. The number of carbonyl (C=O) groups excluding carboxylic acids is 1. The highest BCUT2D eigenvalue weighted by Crippen LogP contribution is 2.31. The molecule has 3 rings (SSSR count). The van der Waals surface area contributed by atoms with E-state index in [2.05, 4.69) is 44.3 Å². The molecule has 1 N–H and O–H groups in total. The zero-order chi connectivity index (χ0) is 18.5. The molecule has 138 valence electrons. The first-order valence-electron chi connectivity index (χ1n) is 9.32. The van der Waals surface area contributed by atoms with Crippen molar-refractivity contribution in [1.82, 2.24) is 5.32 Å². The number of benzene rings is 2. The lowest BCUT2D eigenvalue weighted by Gasteiger charge is -2.20. The molecule has 1 aliphatic rings.